The maximum Gasteiger partial charge on any atom is 0.266 e. The molecule has 1 aliphatic heterocycles. The number of hydrogen-bond donors (Lipinski definition) is 0. The van der Waals surface area contributed by atoms with Gasteiger partial charge in [-0.15, -0.1) is 0 Å². The van der Waals surface area contributed by atoms with Gasteiger partial charge in [0.15, 0.2) is 4.80 Å². The smallest absolute Gasteiger partial charge is 0.266 e. The van der Waals surface area contributed by atoms with Gasteiger partial charge in [-0.1, -0.05) is 45.0 Å². The van der Waals surface area contributed by atoms with Gasteiger partial charge in [-0.2, -0.15) is 21.1 Å². The topological polar surface area (TPSA) is 71.7 Å². The highest BCUT2D eigenvalue weighted by molar-refractivity contribution is 9.10. The van der Waals surface area contributed by atoms with Crippen molar-refractivity contribution >= 4 is 65.2 Å². The van der Waals surface area contributed by atoms with Crippen LogP contribution in [-0.4, -0.2) is 47.8 Å². The van der Waals surface area contributed by atoms with E-state index in [-0.39, 0.29) is 4.90 Å². The number of halogens is 1. The van der Waals surface area contributed by atoms with Crippen LogP contribution < -0.4 is 4.80 Å². The summed E-state index contributed by atoms with van der Waals surface area (Å²) in [5.41, 5.74) is 2.01. The number of aromatic nitrogens is 1. The maximum absolute atomic E-state index is 13.2. The normalized spacial score (nSPS) is 18.0. The van der Waals surface area contributed by atoms with E-state index < -0.39 is 22.0 Å². The third-order valence-corrected chi connectivity index (χ3v) is 9.53. The van der Waals surface area contributed by atoms with Gasteiger partial charge < -0.3 is 4.57 Å². The predicted molar refractivity (Wildman–Crippen MR) is 135 cm³/mol. The summed E-state index contributed by atoms with van der Waals surface area (Å²) in [5, 5.41) is 0. The van der Waals surface area contributed by atoms with E-state index in [1.807, 2.05) is 31.4 Å². The largest absolute Gasteiger partial charge is 0.316 e. The monoisotopic (exact) mass is 553 g/mol. The molecule has 2 heterocycles. The molecule has 0 radical (unpaired) electrons. The van der Waals surface area contributed by atoms with Gasteiger partial charge in [-0.25, -0.2) is 8.42 Å². The number of sulfonamides is 1. The molecule has 0 N–H and O–H groups in total. The summed E-state index contributed by atoms with van der Waals surface area (Å²) in [6.07, 6.45) is 3.16. The van der Waals surface area contributed by atoms with Crippen molar-refractivity contribution in [3.63, 3.8) is 0 Å². The Kier molecular flexibility index (Phi) is 7.26. The third kappa shape index (κ3) is 4.75. The molecule has 0 saturated carbocycles. The highest BCUT2D eigenvalue weighted by Crippen LogP contribution is 2.27. The van der Waals surface area contributed by atoms with Crippen molar-refractivity contribution in [2.24, 2.45) is 4.99 Å². The van der Waals surface area contributed by atoms with Crippen LogP contribution in [0.2, 0.25) is 0 Å². The first-order chi connectivity index (χ1) is 15.3. The lowest BCUT2D eigenvalue weighted by atomic mass is 10.2. The highest BCUT2D eigenvalue weighted by Gasteiger charge is 2.39. The number of aryl methyl sites for hydroxylation is 2. The molecule has 4 rings (SSSR count). The first-order valence-electron chi connectivity index (χ1n) is 10.3. The Morgan fingerprint density at radius 3 is 2.72 bits per heavy atom. The van der Waals surface area contributed by atoms with Crippen LogP contribution in [0.1, 0.15) is 18.4 Å². The minimum absolute atomic E-state index is 0.213. The fraction of sp³-hybridized carbons (Fsp3) is 0.364. The highest BCUT2D eigenvalue weighted by atomic mass is 79.9. The van der Waals surface area contributed by atoms with Crippen LogP contribution in [0, 0.1) is 6.92 Å². The van der Waals surface area contributed by atoms with Gasteiger partial charge >= 0.3 is 0 Å². The first-order valence-corrected chi connectivity index (χ1v) is 14.7. The van der Waals surface area contributed by atoms with E-state index in [4.69, 9.17) is 0 Å². The SMILES string of the molecule is CSCCn1c(=NC(=O)C2CCCN2S(=O)(=O)c2ccc(C)cc2)sc2cc(Br)ccc21. The number of amides is 1. The molecule has 32 heavy (non-hydrogen) atoms. The number of carbonyl (C=O) groups is 1. The van der Waals surface area contributed by atoms with Crippen LogP contribution in [0.3, 0.4) is 0 Å². The Morgan fingerprint density at radius 1 is 1.25 bits per heavy atom. The molecule has 0 bridgehead atoms. The quantitative estimate of drug-likeness (QED) is 0.453. The van der Waals surface area contributed by atoms with E-state index in [9.17, 15) is 13.2 Å². The summed E-state index contributed by atoms with van der Waals surface area (Å²) < 4.78 is 31.8. The van der Waals surface area contributed by atoms with Gasteiger partial charge in [-0.05, 0) is 56.4 Å². The van der Waals surface area contributed by atoms with Gasteiger partial charge in [0.2, 0.25) is 10.0 Å². The van der Waals surface area contributed by atoms with Crippen LogP contribution in [0.5, 0.6) is 0 Å². The van der Waals surface area contributed by atoms with Crippen LogP contribution in [0.4, 0.5) is 0 Å². The predicted octanol–water partition coefficient (Wildman–Crippen LogP) is 4.42. The molecule has 170 valence electrons. The molecule has 10 heteroatoms. The second kappa shape index (κ2) is 9.80. The molecular weight excluding hydrogens is 530 g/mol. The van der Waals surface area contributed by atoms with Crippen molar-refractivity contribution < 1.29 is 13.2 Å². The molecule has 0 aliphatic carbocycles. The maximum atomic E-state index is 13.2. The molecule has 1 atom stereocenters. The molecule has 1 saturated heterocycles. The summed E-state index contributed by atoms with van der Waals surface area (Å²) >= 11 is 6.68. The standard InChI is InChI=1S/C22H24BrN3O3S3/c1-15-5-8-17(9-6-15)32(28,29)26-11-3-4-19(26)21(27)24-22-25(12-13-30-2)18-10-7-16(23)14-20(18)31-22/h5-10,14,19H,3-4,11-13H2,1-2H3. The minimum atomic E-state index is -3.76. The van der Waals surface area contributed by atoms with E-state index in [2.05, 4.69) is 25.5 Å². The molecular formula is C22H24BrN3O3S3. The number of fused-ring (bicyclic) bond motifs is 1. The van der Waals surface area contributed by atoms with Crippen LogP contribution in [0.15, 0.2) is 56.8 Å². The number of carbonyl (C=O) groups excluding carboxylic acids is 1. The summed E-state index contributed by atoms with van der Waals surface area (Å²) in [6, 6.07) is 12.0. The molecule has 0 spiro atoms. The van der Waals surface area contributed by atoms with Gasteiger partial charge in [0.05, 0.1) is 15.1 Å². The Balaban J connectivity index is 1.71. The van der Waals surface area contributed by atoms with Crippen molar-refractivity contribution in [1.29, 1.82) is 0 Å². The summed E-state index contributed by atoms with van der Waals surface area (Å²) in [5.74, 6) is 0.488. The van der Waals surface area contributed by atoms with Crippen LogP contribution >= 0.6 is 39.0 Å². The Hall–Kier alpha value is -1.46. The van der Waals surface area contributed by atoms with Gasteiger partial charge in [0, 0.05) is 23.3 Å². The lowest BCUT2D eigenvalue weighted by Gasteiger charge is -2.21. The molecule has 2 aromatic carbocycles. The van der Waals surface area contributed by atoms with Crippen molar-refractivity contribution in [2.45, 2.75) is 37.2 Å². The number of thiazole rings is 1. The van der Waals surface area contributed by atoms with Gasteiger partial charge in [0.1, 0.15) is 6.04 Å². The van der Waals surface area contributed by atoms with E-state index in [1.54, 1.807) is 36.0 Å². The fourth-order valence-electron chi connectivity index (χ4n) is 3.82. The number of hydrogen-bond acceptors (Lipinski definition) is 5. The van der Waals surface area contributed by atoms with E-state index in [1.165, 1.54) is 15.6 Å². The fourth-order valence-corrected chi connectivity index (χ4v) is 7.45. The second-order valence-corrected chi connectivity index (χ2v) is 12.5. The number of nitrogens with zero attached hydrogens (tertiary/aromatic N) is 3. The van der Waals surface area contributed by atoms with E-state index in [0.717, 1.165) is 32.6 Å². The molecule has 6 nitrogen and oxygen atoms in total. The number of benzene rings is 2. The van der Waals surface area contributed by atoms with Gasteiger partial charge in [0.25, 0.3) is 5.91 Å². The lowest BCUT2D eigenvalue weighted by molar-refractivity contribution is -0.121. The minimum Gasteiger partial charge on any atom is -0.316 e. The Bertz CT molecular complexity index is 1310. The number of thioether (sulfide) groups is 1. The molecule has 3 aromatic rings. The molecule has 1 aliphatic rings. The molecule has 1 fully saturated rings. The van der Waals surface area contributed by atoms with Crippen molar-refractivity contribution in [3.8, 4) is 0 Å². The van der Waals surface area contributed by atoms with Crippen molar-refractivity contribution in [3.05, 3.63) is 57.3 Å². The van der Waals surface area contributed by atoms with Crippen LogP contribution in [-0.2, 0) is 21.4 Å². The van der Waals surface area contributed by atoms with Crippen LogP contribution in [0.25, 0.3) is 10.2 Å². The first kappa shape index (κ1) is 23.7. The Morgan fingerprint density at radius 2 is 2.00 bits per heavy atom. The molecule has 1 unspecified atom stereocenters. The van der Waals surface area contributed by atoms with Gasteiger partial charge in [-0.3, -0.25) is 4.79 Å². The summed E-state index contributed by atoms with van der Waals surface area (Å²) in [4.78, 5) is 18.5. The average molecular weight is 555 g/mol. The van der Waals surface area contributed by atoms with Crippen molar-refractivity contribution in [2.75, 3.05) is 18.6 Å². The lowest BCUT2D eigenvalue weighted by Crippen LogP contribution is -2.40. The molecule has 1 amide bonds. The van der Waals surface area contributed by atoms with E-state index in [0.29, 0.717) is 24.2 Å². The zero-order chi connectivity index (χ0) is 22.9. The third-order valence-electron chi connectivity index (χ3n) is 5.49. The van der Waals surface area contributed by atoms with Crippen molar-refractivity contribution in [1.82, 2.24) is 8.87 Å². The molecule has 1 aromatic heterocycles. The zero-order valence-electron chi connectivity index (χ0n) is 17.8. The summed E-state index contributed by atoms with van der Waals surface area (Å²) in [7, 11) is -3.76. The second-order valence-electron chi connectivity index (χ2n) is 7.68. The zero-order valence-corrected chi connectivity index (χ0v) is 21.9. The summed E-state index contributed by atoms with van der Waals surface area (Å²) in [6.45, 7) is 2.96. The van der Waals surface area contributed by atoms with E-state index >= 15 is 0 Å². The average Bonchev–Trinajstić information content (AvgIpc) is 3.37. The Labute approximate surface area is 204 Å². The number of rotatable bonds is 6.